The number of phosphoric ester groups is 1. The number of unbranched alkanes of at least 4 members (excludes halogenated alkanes) is 17. The molecule has 0 saturated heterocycles. The zero-order chi connectivity index (χ0) is 37.0. The Labute approximate surface area is 308 Å². The topological polar surface area (TPSA) is 91.3 Å². The van der Waals surface area contributed by atoms with Gasteiger partial charge >= 0.3 is 13.8 Å². The number of carbonyl (C=O) groups is 1. The maximum atomic E-state index is 12.6. The van der Waals surface area contributed by atoms with Crippen LogP contribution in [0.4, 0.5) is 0 Å². The van der Waals surface area contributed by atoms with Crippen LogP contribution >= 0.6 is 7.82 Å². The molecule has 0 fully saturated rings. The predicted octanol–water partition coefficient (Wildman–Crippen LogP) is 11.4. The summed E-state index contributed by atoms with van der Waals surface area (Å²) in [5.41, 5.74) is 0. The molecule has 8 nitrogen and oxygen atoms in total. The lowest BCUT2D eigenvalue weighted by Gasteiger charge is -2.24. The molecule has 0 radical (unpaired) electrons. The molecule has 0 aromatic carbocycles. The molecule has 1 N–H and O–H groups in total. The number of esters is 1. The third-order valence-electron chi connectivity index (χ3n) is 8.42. The largest absolute Gasteiger partial charge is 0.472 e. The van der Waals surface area contributed by atoms with Gasteiger partial charge in [-0.2, -0.15) is 0 Å². The Morgan fingerprint density at radius 1 is 0.620 bits per heavy atom. The first kappa shape index (κ1) is 48.7. The summed E-state index contributed by atoms with van der Waals surface area (Å²) >= 11 is 0. The van der Waals surface area contributed by atoms with Crippen LogP contribution in [-0.4, -0.2) is 75.6 Å². The fourth-order valence-electron chi connectivity index (χ4n) is 5.21. The Hall–Kier alpha value is -1.28. The average molecular weight is 729 g/mol. The summed E-state index contributed by atoms with van der Waals surface area (Å²) in [6, 6.07) is 0. The van der Waals surface area contributed by atoms with Gasteiger partial charge in [-0.05, 0) is 64.2 Å². The molecule has 294 valence electrons. The second kappa shape index (κ2) is 34.8. The van der Waals surface area contributed by atoms with Crippen LogP contribution in [0.15, 0.2) is 36.5 Å². The van der Waals surface area contributed by atoms with Crippen molar-refractivity contribution in [3.8, 4) is 0 Å². The van der Waals surface area contributed by atoms with E-state index in [2.05, 4.69) is 50.3 Å². The fraction of sp³-hybridized carbons (Fsp3) is 0.829. The van der Waals surface area contributed by atoms with Crippen molar-refractivity contribution in [2.45, 2.75) is 168 Å². The molecule has 0 saturated carbocycles. The van der Waals surface area contributed by atoms with E-state index in [1.165, 1.54) is 83.5 Å². The number of rotatable bonds is 37. The quantitative estimate of drug-likeness (QED) is 0.0224. The van der Waals surface area contributed by atoms with Crippen molar-refractivity contribution in [3.63, 3.8) is 0 Å². The highest BCUT2D eigenvalue weighted by Crippen LogP contribution is 2.43. The highest BCUT2D eigenvalue weighted by molar-refractivity contribution is 7.47. The van der Waals surface area contributed by atoms with Gasteiger partial charge in [0, 0.05) is 13.0 Å². The van der Waals surface area contributed by atoms with E-state index in [1.54, 1.807) is 0 Å². The van der Waals surface area contributed by atoms with Crippen LogP contribution in [0.25, 0.3) is 0 Å². The summed E-state index contributed by atoms with van der Waals surface area (Å²) in [7, 11) is 1.65. The lowest BCUT2D eigenvalue weighted by molar-refractivity contribution is -0.870. The Kier molecular flexibility index (Phi) is 33.9. The molecule has 0 aromatic heterocycles. The van der Waals surface area contributed by atoms with Crippen molar-refractivity contribution in [3.05, 3.63) is 36.5 Å². The maximum absolute atomic E-state index is 12.6. The fourth-order valence-corrected chi connectivity index (χ4v) is 5.95. The van der Waals surface area contributed by atoms with Gasteiger partial charge in [0.05, 0.1) is 34.4 Å². The van der Waals surface area contributed by atoms with E-state index in [1.807, 2.05) is 21.1 Å². The van der Waals surface area contributed by atoms with E-state index in [9.17, 15) is 14.3 Å². The Morgan fingerprint density at radius 3 is 1.70 bits per heavy atom. The molecule has 0 bridgehead atoms. The van der Waals surface area contributed by atoms with Crippen LogP contribution in [0.1, 0.15) is 162 Å². The molecule has 0 rings (SSSR count). The van der Waals surface area contributed by atoms with Crippen molar-refractivity contribution in [2.75, 3.05) is 54.1 Å². The summed E-state index contributed by atoms with van der Waals surface area (Å²) in [6.45, 7) is 5.52. The number of carbonyl (C=O) groups excluding carboxylic acids is 1. The molecule has 0 aromatic rings. The number of ether oxygens (including phenoxy) is 2. The number of likely N-dealkylation sites (N-methyl/N-ethyl adjacent to an activating group) is 1. The molecule has 0 amide bonds. The van der Waals surface area contributed by atoms with Gasteiger partial charge < -0.3 is 18.9 Å². The Balaban J connectivity index is 4.28. The SMILES string of the molecule is CCCC/C=C\CCCCCCCC(=O)OC(COCCCCCCCC/C=C\C/C=C\CCCCCC)COP(=O)(O)OCC[N+](C)(C)C. The third-order valence-corrected chi connectivity index (χ3v) is 9.41. The zero-order valence-electron chi connectivity index (χ0n) is 33.1. The van der Waals surface area contributed by atoms with Gasteiger partial charge in [-0.3, -0.25) is 13.8 Å². The van der Waals surface area contributed by atoms with Gasteiger partial charge in [-0.25, -0.2) is 4.57 Å². The number of quaternary nitrogens is 1. The normalized spacial score (nSPS) is 14.3. The van der Waals surface area contributed by atoms with Crippen molar-refractivity contribution in [1.82, 2.24) is 0 Å². The number of nitrogens with zero attached hydrogens (tertiary/aromatic N) is 1. The van der Waals surface area contributed by atoms with Gasteiger partial charge in [-0.15, -0.1) is 0 Å². The summed E-state index contributed by atoms with van der Waals surface area (Å²) < 4.78 is 34.9. The van der Waals surface area contributed by atoms with E-state index < -0.39 is 13.9 Å². The van der Waals surface area contributed by atoms with E-state index in [0.717, 1.165) is 57.8 Å². The molecule has 0 aliphatic carbocycles. The van der Waals surface area contributed by atoms with Crippen LogP contribution in [-0.2, 0) is 27.9 Å². The van der Waals surface area contributed by atoms with Gasteiger partial charge in [0.25, 0.3) is 0 Å². The molecular weight excluding hydrogens is 649 g/mol. The average Bonchev–Trinajstić information content (AvgIpc) is 3.06. The van der Waals surface area contributed by atoms with Crippen LogP contribution < -0.4 is 0 Å². The smallest absolute Gasteiger partial charge is 0.457 e. The molecule has 9 heteroatoms. The molecule has 0 heterocycles. The van der Waals surface area contributed by atoms with Crippen molar-refractivity contribution < 1.29 is 37.3 Å². The van der Waals surface area contributed by atoms with Gasteiger partial charge in [0.1, 0.15) is 19.3 Å². The second-order valence-electron chi connectivity index (χ2n) is 14.7. The summed E-state index contributed by atoms with van der Waals surface area (Å²) in [4.78, 5) is 22.8. The van der Waals surface area contributed by atoms with Gasteiger partial charge in [0.15, 0.2) is 0 Å². The van der Waals surface area contributed by atoms with E-state index in [4.69, 9.17) is 18.5 Å². The van der Waals surface area contributed by atoms with Crippen molar-refractivity contribution in [2.24, 2.45) is 0 Å². The van der Waals surface area contributed by atoms with Crippen LogP contribution in [0.2, 0.25) is 0 Å². The third kappa shape index (κ3) is 38.0. The first-order chi connectivity index (χ1) is 24.1. The second-order valence-corrected chi connectivity index (χ2v) is 16.1. The van der Waals surface area contributed by atoms with Crippen LogP contribution in [0, 0.1) is 0 Å². The highest BCUT2D eigenvalue weighted by Gasteiger charge is 2.26. The standard InChI is InChI=1S/C41H78NO7P/c1-6-8-10-12-14-16-18-19-20-21-22-23-25-27-29-31-33-36-46-38-40(39-48-50(44,45)47-37-35-42(3,4)5)49-41(43)34-32-30-28-26-24-17-15-13-11-9-7-2/h13,15-16,18,20-21,40H,6-12,14,17,19,22-39H2,1-5H3/p+1/b15-13-,18-16-,21-20-. The number of phosphoric acid groups is 1. The molecule has 0 aliphatic rings. The van der Waals surface area contributed by atoms with E-state index >= 15 is 0 Å². The van der Waals surface area contributed by atoms with Crippen molar-refractivity contribution in [1.29, 1.82) is 0 Å². The van der Waals surface area contributed by atoms with Crippen LogP contribution in [0.5, 0.6) is 0 Å². The van der Waals surface area contributed by atoms with Gasteiger partial charge in [0.2, 0.25) is 0 Å². The van der Waals surface area contributed by atoms with E-state index in [-0.39, 0.29) is 25.8 Å². The molecule has 50 heavy (non-hydrogen) atoms. The minimum absolute atomic E-state index is 0.0843. The lowest BCUT2D eigenvalue weighted by atomic mass is 10.1. The number of hydrogen-bond donors (Lipinski definition) is 1. The van der Waals surface area contributed by atoms with E-state index in [0.29, 0.717) is 24.1 Å². The number of hydrogen-bond acceptors (Lipinski definition) is 6. The lowest BCUT2D eigenvalue weighted by Crippen LogP contribution is -2.37. The molecule has 0 spiro atoms. The first-order valence-electron chi connectivity index (χ1n) is 20.2. The molecule has 2 atom stereocenters. The summed E-state index contributed by atoms with van der Waals surface area (Å²) in [6.07, 6.45) is 38.8. The molecule has 0 aliphatic heterocycles. The maximum Gasteiger partial charge on any atom is 0.472 e. The predicted molar refractivity (Wildman–Crippen MR) is 210 cm³/mol. The molecule has 2 unspecified atom stereocenters. The monoisotopic (exact) mass is 729 g/mol. The first-order valence-corrected chi connectivity index (χ1v) is 21.7. The van der Waals surface area contributed by atoms with Crippen molar-refractivity contribution >= 4 is 13.8 Å². The van der Waals surface area contributed by atoms with Crippen LogP contribution in [0.3, 0.4) is 0 Å². The minimum atomic E-state index is -4.27. The summed E-state index contributed by atoms with van der Waals surface area (Å²) in [5, 5.41) is 0. The Morgan fingerprint density at radius 2 is 1.12 bits per heavy atom. The number of allylic oxidation sites excluding steroid dienone is 6. The Bertz CT molecular complexity index is 900. The van der Waals surface area contributed by atoms with Gasteiger partial charge in [-0.1, -0.05) is 127 Å². The zero-order valence-corrected chi connectivity index (χ0v) is 34.0. The highest BCUT2D eigenvalue weighted by atomic mass is 31.2. The molecular formula is C41H79NO7P+. The summed E-state index contributed by atoms with van der Waals surface area (Å²) in [5.74, 6) is -0.330. The minimum Gasteiger partial charge on any atom is -0.457 e.